The van der Waals surface area contributed by atoms with E-state index in [1.807, 2.05) is 12.3 Å². The van der Waals surface area contributed by atoms with Crippen LogP contribution in [0.5, 0.6) is 0 Å². The van der Waals surface area contributed by atoms with Gasteiger partial charge < -0.3 is 10.4 Å². The second-order valence-electron chi connectivity index (χ2n) is 4.93. The molecular formula is C14H16N2O3S2. The quantitative estimate of drug-likeness (QED) is 0.882. The highest BCUT2D eigenvalue weighted by Gasteiger charge is 2.17. The first kappa shape index (κ1) is 15.7. The number of aromatic nitrogens is 1. The Morgan fingerprint density at radius 2 is 1.90 bits per heavy atom. The average Bonchev–Trinajstić information content (AvgIpc) is 3.08. The third kappa shape index (κ3) is 3.68. The van der Waals surface area contributed by atoms with Crippen molar-refractivity contribution in [2.24, 2.45) is 0 Å². The Morgan fingerprint density at radius 3 is 2.43 bits per heavy atom. The Hall–Kier alpha value is -1.73. The first-order valence-electron chi connectivity index (χ1n) is 6.47. The van der Waals surface area contributed by atoms with E-state index in [0.29, 0.717) is 10.8 Å². The third-order valence-corrected chi connectivity index (χ3v) is 5.10. The number of aromatic carboxylic acids is 1. The van der Waals surface area contributed by atoms with Crippen molar-refractivity contribution in [3.8, 4) is 0 Å². The highest BCUT2D eigenvalue weighted by molar-refractivity contribution is 7.15. The summed E-state index contributed by atoms with van der Waals surface area (Å²) in [5.41, 5.74) is 0.826. The van der Waals surface area contributed by atoms with Crippen molar-refractivity contribution in [1.82, 2.24) is 10.3 Å². The number of thiophene rings is 1. The predicted molar refractivity (Wildman–Crippen MR) is 83.4 cm³/mol. The summed E-state index contributed by atoms with van der Waals surface area (Å²) in [7, 11) is 0. The Morgan fingerprint density at radius 1 is 1.24 bits per heavy atom. The van der Waals surface area contributed by atoms with Gasteiger partial charge in [0.25, 0.3) is 5.91 Å². The van der Waals surface area contributed by atoms with E-state index in [-0.39, 0.29) is 16.8 Å². The Kier molecular flexibility index (Phi) is 4.74. The fourth-order valence-corrected chi connectivity index (χ4v) is 3.36. The van der Waals surface area contributed by atoms with Crippen molar-refractivity contribution in [2.45, 2.75) is 32.7 Å². The molecule has 0 radical (unpaired) electrons. The largest absolute Gasteiger partial charge is 0.477 e. The van der Waals surface area contributed by atoms with Crippen LogP contribution in [0.25, 0.3) is 0 Å². The Balaban J connectivity index is 2.05. The van der Waals surface area contributed by atoms with Crippen LogP contribution in [0.15, 0.2) is 17.5 Å². The summed E-state index contributed by atoms with van der Waals surface area (Å²) >= 11 is 2.55. The standard InChI is InChI=1S/C14H16N2O3S2/c1-7(2)13-16-9(6-20-13)8(3)15-12(17)10-4-5-11(21-10)14(18)19/h4-8H,1-3H3,(H,15,17)(H,18,19)/t8-/m0/s1. The van der Waals surface area contributed by atoms with E-state index in [4.69, 9.17) is 5.11 Å². The molecular weight excluding hydrogens is 308 g/mol. The molecule has 0 aliphatic heterocycles. The third-order valence-electron chi connectivity index (χ3n) is 2.87. The summed E-state index contributed by atoms with van der Waals surface area (Å²) in [5.74, 6) is -0.936. The molecule has 7 heteroatoms. The van der Waals surface area contributed by atoms with Gasteiger partial charge in [0.2, 0.25) is 0 Å². The van der Waals surface area contributed by atoms with Crippen LogP contribution in [0, 0.1) is 0 Å². The van der Waals surface area contributed by atoms with Crippen molar-refractivity contribution in [3.63, 3.8) is 0 Å². The van der Waals surface area contributed by atoms with E-state index in [9.17, 15) is 9.59 Å². The summed E-state index contributed by atoms with van der Waals surface area (Å²) in [6, 6.07) is 2.75. The molecule has 0 unspecified atom stereocenters. The van der Waals surface area contributed by atoms with Crippen LogP contribution in [-0.2, 0) is 0 Å². The van der Waals surface area contributed by atoms with Gasteiger partial charge in [-0.15, -0.1) is 22.7 Å². The number of carbonyl (C=O) groups is 2. The molecule has 0 aliphatic rings. The fourth-order valence-electron chi connectivity index (χ4n) is 1.68. The van der Waals surface area contributed by atoms with E-state index in [0.717, 1.165) is 22.0 Å². The van der Waals surface area contributed by atoms with E-state index in [1.165, 1.54) is 12.1 Å². The zero-order valence-electron chi connectivity index (χ0n) is 11.9. The number of carboxylic acid groups (broad SMARTS) is 1. The Labute approximate surface area is 130 Å². The van der Waals surface area contributed by atoms with Crippen LogP contribution >= 0.6 is 22.7 Å². The van der Waals surface area contributed by atoms with Gasteiger partial charge in [-0.2, -0.15) is 0 Å². The molecule has 0 aromatic carbocycles. The number of hydrogen-bond acceptors (Lipinski definition) is 5. The van der Waals surface area contributed by atoms with Crippen LogP contribution in [0.3, 0.4) is 0 Å². The topological polar surface area (TPSA) is 79.3 Å². The number of carbonyl (C=O) groups excluding carboxylic acids is 1. The molecule has 0 saturated heterocycles. The molecule has 1 atom stereocenters. The lowest BCUT2D eigenvalue weighted by molar-refractivity contribution is 0.0702. The molecule has 2 aromatic rings. The number of carboxylic acids is 1. The van der Waals surface area contributed by atoms with E-state index in [1.54, 1.807) is 11.3 Å². The minimum Gasteiger partial charge on any atom is -0.477 e. The normalized spacial score (nSPS) is 12.4. The minimum absolute atomic E-state index is 0.156. The average molecular weight is 324 g/mol. The number of amides is 1. The number of hydrogen-bond donors (Lipinski definition) is 2. The minimum atomic E-state index is -1.02. The van der Waals surface area contributed by atoms with Crippen molar-refractivity contribution < 1.29 is 14.7 Å². The SMILES string of the molecule is CC(C)c1nc([C@H](C)NC(=O)c2ccc(C(=O)O)s2)cs1. The van der Waals surface area contributed by atoms with Gasteiger partial charge >= 0.3 is 5.97 Å². The molecule has 0 bridgehead atoms. The first-order valence-corrected chi connectivity index (χ1v) is 8.17. The summed E-state index contributed by atoms with van der Waals surface area (Å²) in [5, 5.41) is 14.7. The summed E-state index contributed by atoms with van der Waals surface area (Å²) in [4.78, 5) is 28.0. The van der Waals surface area contributed by atoms with Crippen molar-refractivity contribution >= 4 is 34.6 Å². The van der Waals surface area contributed by atoms with Gasteiger partial charge in [0.15, 0.2) is 0 Å². The summed E-state index contributed by atoms with van der Waals surface area (Å²) < 4.78 is 0. The molecule has 21 heavy (non-hydrogen) atoms. The highest BCUT2D eigenvalue weighted by Crippen LogP contribution is 2.23. The van der Waals surface area contributed by atoms with E-state index >= 15 is 0 Å². The lowest BCUT2D eigenvalue weighted by atomic mass is 10.2. The smallest absolute Gasteiger partial charge is 0.345 e. The molecule has 5 nitrogen and oxygen atoms in total. The van der Waals surface area contributed by atoms with Crippen molar-refractivity contribution in [1.29, 1.82) is 0 Å². The van der Waals surface area contributed by atoms with Gasteiger partial charge in [-0.1, -0.05) is 13.8 Å². The lowest BCUT2D eigenvalue weighted by Crippen LogP contribution is -2.26. The first-order chi connectivity index (χ1) is 9.88. The fraction of sp³-hybridized carbons (Fsp3) is 0.357. The maximum atomic E-state index is 12.1. The number of thiazole rings is 1. The zero-order valence-corrected chi connectivity index (χ0v) is 13.5. The maximum Gasteiger partial charge on any atom is 0.345 e. The van der Waals surface area contributed by atoms with Gasteiger partial charge in [-0.25, -0.2) is 9.78 Å². The van der Waals surface area contributed by atoms with Gasteiger partial charge in [-0.05, 0) is 19.1 Å². The lowest BCUT2D eigenvalue weighted by Gasteiger charge is -2.10. The molecule has 0 saturated carbocycles. The summed E-state index contributed by atoms with van der Waals surface area (Å²) in [6.45, 7) is 6.01. The monoisotopic (exact) mass is 324 g/mol. The molecule has 0 fully saturated rings. The molecule has 0 spiro atoms. The summed E-state index contributed by atoms with van der Waals surface area (Å²) in [6.07, 6.45) is 0. The zero-order chi connectivity index (χ0) is 15.6. The van der Waals surface area contributed by atoms with Gasteiger partial charge in [0, 0.05) is 11.3 Å². The van der Waals surface area contributed by atoms with Crippen LogP contribution < -0.4 is 5.32 Å². The van der Waals surface area contributed by atoms with Crippen molar-refractivity contribution in [3.05, 3.63) is 38.0 Å². The van der Waals surface area contributed by atoms with E-state index < -0.39 is 5.97 Å². The van der Waals surface area contributed by atoms with Gasteiger partial charge in [0.05, 0.1) is 21.6 Å². The molecule has 0 aliphatic carbocycles. The molecule has 2 aromatic heterocycles. The second-order valence-corrected chi connectivity index (χ2v) is 6.90. The van der Waals surface area contributed by atoms with Crippen LogP contribution in [0.1, 0.15) is 62.8 Å². The number of rotatable bonds is 5. The van der Waals surface area contributed by atoms with Gasteiger partial charge in [0.1, 0.15) is 4.88 Å². The maximum absolute atomic E-state index is 12.1. The van der Waals surface area contributed by atoms with Crippen molar-refractivity contribution in [2.75, 3.05) is 0 Å². The van der Waals surface area contributed by atoms with Gasteiger partial charge in [-0.3, -0.25) is 4.79 Å². The number of nitrogens with one attached hydrogen (secondary N) is 1. The highest BCUT2D eigenvalue weighted by atomic mass is 32.1. The molecule has 2 rings (SSSR count). The number of nitrogens with zero attached hydrogens (tertiary/aromatic N) is 1. The van der Waals surface area contributed by atoms with E-state index in [2.05, 4.69) is 24.1 Å². The van der Waals surface area contributed by atoms with Crippen LogP contribution in [0.2, 0.25) is 0 Å². The van der Waals surface area contributed by atoms with Crippen LogP contribution in [0.4, 0.5) is 0 Å². The Bertz CT molecular complexity index is 661. The second kappa shape index (κ2) is 6.36. The molecule has 1 amide bonds. The predicted octanol–water partition coefficient (Wildman–Crippen LogP) is 3.52. The molecule has 112 valence electrons. The van der Waals surface area contributed by atoms with Crippen LogP contribution in [-0.4, -0.2) is 22.0 Å². The molecule has 2 N–H and O–H groups in total. The molecule has 2 heterocycles.